The van der Waals surface area contributed by atoms with Gasteiger partial charge in [-0.3, -0.25) is 4.79 Å². The van der Waals surface area contributed by atoms with E-state index in [4.69, 9.17) is 0 Å². The van der Waals surface area contributed by atoms with Gasteiger partial charge in [-0.1, -0.05) is 6.07 Å². The first kappa shape index (κ1) is 11.5. The molecule has 1 rings (SSSR count). The SMILES string of the molecule is COC(=O)CCNc1ccc(C)cc1F. The van der Waals surface area contributed by atoms with Crippen molar-refractivity contribution in [1.29, 1.82) is 0 Å². The Kier molecular flexibility index (Phi) is 4.09. The lowest BCUT2D eigenvalue weighted by Crippen LogP contribution is -2.10. The molecule has 0 saturated carbocycles. The van der Waals surface area contributed by atoms with Gasteiger partial charge in [0, 0.05) is 6.54 Å². The summed E-state index contributed by atoms with van der Waals surface area (Å²) < 4.78 is 17.7. The van der Waals surface area contributed by atoms with E-state index in [9.17, 15) is 9.18 Å². The van der Waals surface area contributed by atoms with Gasteiger partial charge in [0.2, 0.25) is 0 Å². The van der Waals surface area contributed by atoms with Gasteiger partial charge in [0.25, 0.3) is 0 Å². The van der Waals surface area contributed by atoms with Crippen LogP contribution in [0.1, 0.15) is 12.0 Å². The Morgan fingerprint density at radius 2 is 2.27 bits per heavy atom. The second kappa shape index (κ2) is 5.34. The van der Waals surface area contributed by atoms with Crippen LogP contribution in [0.25, 0.3) is 0 Å². The molecule has 15 heavy (non-hydrogen) atoms. The molecule has 0 aliphatic rings. The monoisotopic (exact) mass is 211 g/mol. The van der Waals surface area contributed by atoms with Gasteiger partial charge in [0.05, 0.1) is 19.2 Å². The van der Waals surface area contributed by atoms with Crippen LogP contribution in [-0.4, -0.2) is 19.6 Å². The molecule has 0 radical (unpaired) electrons. The van der Waals surface area contributed by atoms with Crippen LogP contribution in [-0.2, 0) is 9.53 Å². The molecule has 1 N–H and O–H groups in total. The van der Waals surface area contributed by atoms with Gasteiger partial charge in [0.1, 0.15) is 5.82 Å². The van der Waals surface area contributed by atoms with Gasteiger partial charge in [-0.15, -0.1) is 0 Å². The van der Waals surface area contributed by atoms with Gasteiger partial charge in [-0.25, -0.2) is 4.39 Å². The molecule has 0 unspecified atom stereocenters. The number of methoxy groups -OCH3 is 1. The Morgan fingerprint density at radius 1 is 1.53 bits per heavy atom. The molecule has 0 aliphatic carbocycles. The number of hydrogen-bond donors (Lipinski definition) is 1. The molecule has 0 aromatic heterocycles. The summed E-state index contributed by atoms with van der Waals surface area (Å²) in [5, 5.41) is 2.83. The molecular weight excluding hydrogens is 197 g/mol. The van der Waals surface area contributed by atoms with Gasteiger partial charge in [-0.05, 0) is 24.6 Å². The number of carbonyl (C=O) groups is 1. The maximum atomic E-state index is 13.3. The van der Waals surface area contributed by atoms with Crippen LogP contribution in [0.2, 0.25) is 0 Å². The third-order valence-corrected chi connectivity index (χ3v) is 2.00. The second-order valence-electron chi connectivity index (χ2n) is 3.24. The summed E-state index contributed by atoms with van der Waals surface area (Å²) in [6.07, 6.45) is 0.226. The molecule has 1 aromatic rings. The molecule has 0 atom stereocenters. The fourth-order valence-electron chi connectivity index (χ4n) is 1.16. The lowest BCUT2D eigenvalue weighted by Gasteiger charge is -2.07. The van der Waals surface area contributed by atoms with Crippen molar-refractivity contribution in [2.45, 2.75) is 13.3 Å². The highest BCUT2D eigenvalue weighted by Gasteiger charge is 2.03. The Balaban J connectivity index is 2.47. The van der Waals surface area contributed by atoms with Gasteiger partial charge in [-0.2, -0.15) is 0 Å². The first-order valence-corrected chi connectivity index (χ1v) is 4.70. The average Bonchev–Trinajstić information content (AvgIpc) is 2.21. The van der Waals surface area contributed by atoms with E-state index in [2.05, 4.69) is 10.1 Å². The van der Waals surface area contributed by atoms with Crippen molar-refractivity contribution < 1.29 is 13.9 Å². The third kappa shape index (κ3) is 3.58. The molecule has 82 valence electrons. The quantitative estimate of drug-likeness (QED) is 0.775. The lowest BCUT2D eigenvalue weighted by atomic mass is 10.2. The van der Waals surface area contributed by atoms with Crippen molar-refractivity contribution in [3.8, 4) is 0 Å². The van der Waals surface area contributed by atoms with E-state index in [1.165, 1.54) is 13.2 Å². The average molecular weight is 211 g/mol. The van der Waals surface area contributed by atoms with Crippen LogP contribution >= 0.6 is 0 Å². The normalized spacial score (nSPS) is 9.80. The Morgan fingerprint density at radius 3 is 2.87 bits per heavy atom. The zero-order valence-electron chi connectivity index (χ0n) is 8.84. The van der Waals surface area contributed by atoms with Crippen LogP contribution in [0, 0.1) is 12.7 Å². The zero-order chi connectivity index (χ0) is 11.3. The van der Waals surface area contributed by atoms with E-state index in [1.807, 2.05) is 13.0 Å². The van der Waals surface area contributed by atoms with Crippen molar-refractivity contribution >= 4 is 11.7 Å². The lowest BCUT2D eigenvalue weighted by molar-refractivity contribution is -0.140. The van der Waals surface area contributed by atoms with E-state index in [0.29, 0.717) is 12.2 Å². The van der Waals surface area contributed by atoms with E-state index in [-0.39, 0.29) is 18.2 Å². The minimum atomic E-state index is -0.310. The van der Waals surface area contributed by atoms with Gasteiger partial charge >= 0.3 is 5.97 Å². The number of anilines is 1. The predicted octanol–water partition coefficient (Wildman–Crippen LogP) is 2.11. The first-order valence-electron chi connectivity index (χ1n) is 4.70. The third-order valence-electron chi connectivity index (χ3n) is 2.00. The number of halogens is 1. The summed E-state index contributed by atoms with van der Waals surface area (Å²) in [7, 11) is 1.33. The fraction of sp³-hybridized carbons (Fsp3) is 0.364. The molecule has 0 aliphatic heterocycles. The van der Waals surface area contributed by atoms with Crippen LogP contribution < -0.4 is 5.32 Å². The van der Waals surface area contributed by atoms with Crippen LogP contribution in [0.3, 0.4) is 0 Å². The smallest absolute Gasteiger partial charge is 0.307 e. The van der Waals surface area contributed by atoms with Crippen LogP contribution in [0.15, 0.2) is 18.2 Å². The summed E-state index contributed by atoms with van der Waals surface area (Å²) in [4.78, 5) is 10.8. The maximum absolute atomic E-state index is 13.3. The second-order valence-corrected chi connectivity index (χ2v) is 3.24. The molecule has 0 heterocycles. The minimum absolute atomic E-state index is 0.226. The minimum Gasteiger partial charge on any atom is -0.469 e. The number of benzene rings is 1. The number of hydrogen-bond acceptors (Lipinski definition) is 3. The number of carbonyl (C=O) groups excluding carboxylic acids is 1. The highest BCUT2D eigenvalue weighted by atomic mass is 19.1. The van der Waals surface area contributed by atoms with Crippen molar-refractivity contribution in [3.05, 3.63) is 29.6 Å². The molecule has 3 nitrogen and oxygen atoms in total. The maximum Gasteiger partial charge on any atom is 0.307 e. The Labute approximate surface area is 88.2 Å². The number of rotatable bonds is 4. The van der Waals surface area contributed by atoms with Crippen LogP contribution in [0.4, 0.5) is 10.1 Å². The molecular formula is C11H14FNO2. The first-order chi connectivity index (χ1) is 7.13. The molecule has 0 amide bonds. The highest BCUT2D eigenvalue weighted by molar-refractivity contribution is 5.69. The molecule has 0 bridgehead atoms. The van der Waals surface area contributed by atoms with Crippen molar-refractivity contribution in [2.24, 2.45) is 0 Å². The molecule has 1 aromatic carbocycles. The van der Waals surface area contributed by atoms with Crippen LogP contribution in [0.5, 0.6) is 0 Å². The fourth-order valence-corrected chi connectivity index (χ4v) is 1.16. The van der Waals surface area contributed by atoms with E-state index < -0.39 is 0 Å². The standard InChI is InChI=1S/C11H14FNO2/c1-8-3-4-10(9(12)7-8)13-6-5-11(14)15-2/h3-4,7,13H,5-6H2,1-2H3. The summed E-state index contributed by atoms with van der Waals surface area (Å²) in [6, 6.07) is 4.91. The Bertz CT molecular complexity index is 352. The van der Waals surface area contributed by atoms with E-state index in [0.717, 1.165) is 5.56 Å². The molecule has 0 fully saturated rings. The number of aryl methyl sites for hydroxylation is 1. The highest BCUT2D eigenvalue weighted by Crippen LogP contribution is 2.14. The summed E-state index contributed by atoms with van der Waals surface area (Å²) in [6.45, 7) is 2.19. The van der Waals surface area contributed by atoms with Gasteiger partial charge < -0.3 is 10.1 Å². The number of nitrogens with one attached hydrogen (secondary N) is 1. The molecule has 4 heteroatoms. The van der Waals surface area contributed by atoms with Gasteiger partial charge in [0.15, 0.2) is 0 Å². The Hall–Kier alpha value is -1.58. The largest absolute Gasteiger partial charge is 0.469 e. The molecule has 0 spiro atoms. The zero-order valence-corrected chi connectivity index (χ0v) is 8.84. The van der Waals surface area contributed by atoms with E-state index >= 15 is 0 Å². The summed E-state index contributed by atoms with van der Waals surface area (Å²) >= 11 is 0. The van der Waals surface area contributed by atoms with Crippen molar-refractivity contribution in [3.63, 3.8) is 0 Å². The topological polar surface area (TPSA) is 38.3 Å². The van der Waals surface area contributed by atoms with Crippen molar-refractivity contribution in [1.82, 2.24) is 0 Å². The van der Waals surface area contributed by atoms with Crippen molar-refractivity contribution in [2.75, 3.05) is 19.0 Å². The summed E-state index contributed by atoms with van der Waals surface area (Å²) in [5.41, 5.74) is 1.27. The number of esters is 1. The predicted molar refractivity (Wildman–Crippen MR) is 56.3 cm³/mol. The molecule has 0 saturated heterocycles. The number of ether oxygens (including phenoxy) is 1. The van der Waals surface area contributed by atoms with E-state index in [1.54, 1.807) is 6.07 Å². The summed E-state index contributed by atoms with van der Waals surface area (Å²) in [5.74, 6) is -0.616.